The molecular weight excluding hydrogens is 164 g/mol. The number of rotatable bonds is 3. The quantitative estimate of drug-likeness (QED) is 0.724. The van der Waals surface area contributed by atoms with Crippen LogP contribution in [0, 0.1) is 0 Å². The normalized spacial score (nSPS) is 10.5. The van der Waals surface area contributed by atoms with Crippen LogP contribution < -0.4 is 11.1 Å². The van der Waals surface area contributed by atoms with E-state index < -0.39 is 0 Å². The molecule has 2 rings (SSSR count). The minimum absolute atomic E-state index is 0.630. The number of nitrogens with one attached hydrogen (secondary N) is 1. The van der Waals surface area contributed by atoms with Crippen molar-refractivity contribution in [1.29, 1.82) is 0 Å². The van der Waals surface area contributed by atoms with Gasteiger partial charge in [-0.15, -0.1) is 0 Å². The van der Waals surface area contributed by atoms with E-state index in [0.29, 0.717) is 6.54 Å². The van der Waals surface area contributed by atoms with Gasteiger partial charge in [0.2, 0.25) is 0 Å². The molecule has 0 aliphatic rings. The molecular formula is C9H12N4. The molecule has 0 amide bonds. The van der Waals surface area contributed by atoms with Gasteiger partial charge in [0.1, 0.15) is 11.5 Å². The Morgan fingerprint density at radius 1 is 1.46 bits per heavy atom. The molecule has 2 aromatic heterocycles. The van der Waals surface area contributed by atoms with Crippen molar-refractivity contribution in [3.8, 4) is 0 Å². The fourth-order valence-electron chi connectivity index (χ4n) is 1.29. The van der Waals surface area contributed by atoms with Crippen molar-refractivity contribution in [2.24, 2.45) is 5.73 Å². The summed E-state index contributed by atoms with van der Waals surface area (Å²) < 4.78 is 2.00. The molecule has 13 heavy (non-hydrogen) atoms. The standard InChI is InChI=1S/C9H12N4/c10-4-5-11-8-2-1-3-9-12-6-7-13(8)9/h1-3,6-7,11H,4-5,10H2. The van der Waals surface area contributed by atoms with E-state index >= 15 is 0 Å². The third-order valence-electron chi connectivity index (χ3n) is 1.88. The van der Waals surface area contributed by atoms with Gasteiger partial charge in [0.05, 0.1) is 0 Å². The fourth-order valence-corrected chi connectivity index (χ4v) is 1.29. The lowest BCUT2D eigenvalue weighted by atomic mass is 10.4. The Morgan fingerprint density at radius 3 is 3.23 bits per heavy atom. The van der Waals surface area contributed by atoms with Gasteiger partial charge >= 0.3 is 0 Å². The van der Waals surface area contributed by atoms with Crippen molar-refractivity contribution in [3.63, 3.8) is 0 Å². The average Bonchev–Trinajstić information content (AvgIpc) is 2.62. The highest BCUT2D eigenvalue weighted by Gasteiger charge is 1.97. The lowest BCUT2D eigenvalue weighted by Gasteiger charge is -2.06. The molecule has 68 valence electrons. The van der Waals surface area contributed by atoms with Crippen LogP contribution in [-0.4, -0.2) is 22.5 Å². The van der Waals surface area contributed by atoms with Gasteiger partial charge < -0.3 is 11.1 Å². The molecule has 0 saturated heterocycles. The molecule has 2 aromatic rings. The Kier molecular flexibility index (Phi) is 2.14. The van der Waals surface area contributed by atoms with Crippen molar-refractivity contribution < 1.29 is 0 Å². The van der Waals surface area contributed by atoms with Crippen LogP contribution in [0.1, 0.15) is 0 Å². The summed E-state index contributed by atoms with van der Waals surface area (Å²) in [6.45, 7) is 1.41. The molecule has 0 spiro atoms. The van der Waals surface area contributed by atoms with Crippen LogP contribution in [0.2, 0.25) is 0 Å². The summed E-state index contributed by atoms with van der Waals surface area (Å²) in [6, 6.07) is 5.94. The van der Waals surface area contributed by atoms with Gasteiger partial charge in [-0.05, 0) is 12.1 Å². The number of pyridine rings is 1. The highest BCUT2D eigenvalue weighted by atomic mass is 15.1. The zero-order chi connectivity index (χ0) is 9.10. The molecule has 3 N–H and O–H groups in total. The smallest absolute Gasteiger partial charge is 0.138 e. The Bertz CT molecular complexity index is 393. The number of nitrogens with two attached hydrogens (primary N) is 1. The number of hydrogen-bond donors (Lipinski definition) is 2. The van der Waals surface area contributed by atoms with Gasteiger partial charge in [-0.25, -0.2) is 4.98 Å². The van der Waals surface area contributed by atoms with Crippen LogP contribution in [0.3, 0.4) is 0 Å². The van der Waals surface area contributed by atoms with Crippen LogP contribution in [0.5, 0.6) is 0 Å². The van der Waals surface area contributed by atoms with Crippen molar-refractivity contribution in [2.75, 3.05) is 18.4 Å². The van der Waals surface area contributed by atoms with E-state index in [9.17, 15) is 0 Å². The topological polar surface area (TPSA) is 55.3 Å². The van der Waals surface area contributed by atoms with Gasteiger partial charge in [-0.3, -0.25) is 4.40 Å². The predicted molar refractivity (Wildman–Crippen MR) is 52.7 cm³/mol. The van der Waals surface area contributed by atoms with Crippen molar-refractivity contribution >= 4 is 11.5 Å². The van der Waals surface area contributed by atoms with E-state index in [4.69, 9.17) is 5.73 Å². The Labute approximate surface area is 76.4 Å². The van der Waals surface area contributed by atoms with E-state index in [1.54, 1.807) is 6.20 Å². The Balaban J connectivity index is 2.37. The molecule has 0 bridgehead atoms. The average molecular weight is 176 g/mol. The summed E-state index contributed by atoms with van der Waals surface area (Å²) in [5.41, 5.74) is 6.35. The second-order valence-electron chi connectivity index (χ2n) is 2.78. The number of aromatic nitrogens is 2. The van der Waals surface area contributed by atoms with Crippen LogP contribution in [0.4, 0.5) is 5.82 Å². The van der Waals surface area contributed by atoms with Crippen LogP contribution in [-0.2, 0) is 0 Å². The maximum Gasteiger partial charge on any atom is 0.138 e. The number of hydrogen-bond acceptors (Lipinski definition) is 3. The van der Waals surface area contributed by atoms with Crippen LogP contribution >= 0.6 is 0 Å². The summed E-state index contributed by atoms with van der Waals surface area (Å²) in [7, 11) is 0. The molecule has 0 atom stereocenters. The van der Waals surface area contributed by atoms with E-state index in [1.807, 2.05) is 28.8 Å². The van der Waals surface area contributed by atoms with Gasteiger partial charge in [0.25, 0.3) is 0 Å². The number of fused-ring (bicyclic) bond motifs is 1. The van der Waals surface area contributed by atoms with Gasteiger partial charge in [0.15, 0.2) is 0 Å². The van der Waals surface area contributed by atoms with Crippen molar-refractivity contribution in [1.82, 2.24) is 9.38 Å². The predicted octanol–water partition coefficient (Wildman–Crippen LogP) is 0.705. The first-order valence-electron chi connectivity index (χ1n) is 4.28. The summed E-state index contributed by atoms with van der Waals surface area (Å²) in [5, 5.41) is 3.22. The molecule has 0 radical (unpaired) electrons. The van der Waals surface area contributed by atoms with Gasteiger partial charge in [0, 0.05) is 25.5 Å². The van der Waals surface area contributed by atoms with Crippen LogP contribution in [0.15, 0.2) is 30.6 Å². The largest absolute Gasteiger partial charge is 0.370 e. The maximum atomic E-state index is 5.41. The van der Waals surface area contributed by atoms with Gasteiger partial charge in [-0.1, -0.05) is 6.07 Å². The maximum absolute atomic E-state index is 5.41. The first kappa shape index (κ1) is 8.07. The minimum atomic E-state index is 0.630. The monoisotopic (exact) mass is 176 g/mol. The highest BCUT2D eigenvalue weighted by Crippen LogP contribution is 2.09. The highest BCUT2D eigenvalue weighted by molar-refractivity contribution is 5.49. The SMILES string of the molecule is NCCNc1cccc2nccn12. The summed E-state index contributed by atoms with van der Waals surface area (Å²) in [4.78, 5) is 4.18. The molecule has 2 heterocycles. The zero-order valence-electron chi connectivity index (χ0n) is 7.27. The molecule has 0 aromatic carbocycles. The summed E-state index contributed by atoms with van der Waals surface area (Å²) in [5.74, 6) is 1.03. The zero-order valence-corrected chi connectivity index (χ0v) is 7.27. The Morgan fingerprint density at radius 2 is 2.38 bits per heavy atom. The molecule has 4 heteroatoms. The van der Waals surface area contributed by atoms with Crippen molar-refractivity contribution in [3.05, 3.63) is 30.6 Å². The fraction of sp³-hybridized carbons (Fsp3) is 0.222. The third-order valence-corrected chi connectivity index (χ3v) is 1.88. The minimum Gasteiger partial charge on any atom is -0.370 e. The van der Waals surface area contributed by atoms with E-state index in [1.165, 1.54) is 0 Å². The Hall–Kier alpha value is -1.55. The molecule has 0 aliphatic carbocycles. The first-order chi connectivity index (χ1) is 6.42. The van der Waals surface area contributed by atoms with E-state index in [0.717, 1.165) is 18.0 Å². The molecule has 0 saturated carbocycles. The van der Waals surface area contributed by atoms with E-state index in [2.05, 4.69) is 10.3 Å². The summed E-state index contributed by atoms with van der Waals surface area (Å²) >= 11 is 0. The molecule has 0 unspecified atom stereocenters. The van der Waals surface area contributed by atoms with Gasteiger partial charge in [-0.2, -0.15) is 0 Å². The second-order valence-corrected chi connectivity index (χ2v) is 2.78. The molecule has 0 fully saturated rings. The summed E-state index contributed by atoms with van der Waals surface area (Å²) in [6.07, 6.45) is 3.71. The first-order valence-corrected chi connectivity index (χ1v) is 4.28. The van der Waals surface area contributed by atoms with Crippen LogP contribution in [0.25, 0.3) is 5.65 Å². The number of imidazole rings is 1. The lowest BCUT2D eigenvalue weighted by Crippen LogP contribution is -2.14. The molecule has 0 aliphatic heterocycles. The number of anilines is 1. The lowest BCUT2D eigenvalue weighted by molar-refractivity contribution is 1.000. The van der Waals surface area contributed by atoms with E-state index in [-0.39, 0.29) is 0 Å². The van der Waals surface area contributed by atoms with Crippen molar-refractivity contribution in [2.45, 2.75) is 0 Å². The number of nitrogens with zero attached hydrogens (tertiary/aromatic N) is 2. The third kappa shape index (κ3) is 1.48. The second kappa shape index (κ2) is 3.45. The molecule has 4 nitrogen and oxygen atoms in total.